The van der Waals surface area contributed by atoms with Crippen molar-refractivity contribution in [2.24, 2.45) is 0 Å². The van der Waals surface area contributed by atoms with Crippen LogP contribution in [0, 0.1) is 0 Å². The zero-order chi connectivity index (χ0) is 21.6. The largest absolute Gasteiger partial charge is 0.347 e. The first-order valence-corrected chi connectivity index (χ1v) is 12.0. The van der Waals surface area contributed by atoms with Crippen molar-refractivity contribution in [3.8, 4) is 0 Å². The summed E-state index contributed by atoms with van der Waals surface area (Å²) in [6, 6.07) is 32.7. The molecule has 0 bridgehead atoms. The second kappa shape index (κ2) is 9.99. The van der Waals surface area contributed by atoms with E-state index in [2.05, 4.69) is 95.9 Å². The smallest absolute Gasteiger partial charge is 0.168 e. The molecule has 5 rings (SSSR count). The number of rotatable bonds is 8. The average Bonchev–Trinajstić information content (AvgIpc) is 3.49. The van der Waals surface area contributed by atoms with Gasteiger partial charge in [0.1, 0.15) is 6.10 Å². The fraction of sp³-hybridized carbons (Fsp3) is 0.379. The normalized spacial score (nSPS) is 20.7. The number of hydrogen-bond donors (Lipinski definition) is 0. The summed E-state index contributed by atoms with van der Waals surface area (Å²) in [6.07, 6.45) is 5.48. The topological polar surface area (TPSA) is 21.7 Å². The van der Waals surface area contributed by atoms with Crippen molar-refractivity contribution in [3.63, 3.8) is 0 Å². The lowest BCUT2D eigenvalue weighted by Gasteiger charge is -2.36. The molecule has 1 saturated carbocycles. The fourth-order valence-electron chi connectivity index (χ4n) is 5.22. The lowest BCUT2D eigenvalue weighted by Crippen LogP contribution is -2.46. The minimum atomic E-state index is -0.342. The molecule has 2 atom stereocenters. The van der Waals surface area contributed by atoms with Gasteiger partial charge in [-0.15, -0.1) is 0 Å². The highest BCUT2D eigenvalue weighted by molar-refractivity contribution is 5.20. The van der Waals surface area contributed by atoms with Gasteiger partial charge >= 0.3 is 0 Å². The van der Waals surface area contributed by atoms with E-state index in [-0.39, 0.29) is 17.9 Å². The standard InChI is InChI=1S/C29H33NO2/c1-4-12-24(13-5-1)20-27(28-23-31-29(32-28)18-10-11-19-29)30(21-25-14-6-2-7-15-25)22-26-16-8-3-9-17-26/h1-9,12-17,27-28H,10-11,18-23H2/t27-,28+/m0/s1. The Kier molecular flexibility index (Phi) is 6.68. The molecule has 3 aromatic rings. The van der Waals surface area contributed by atoms with E-state index in [0.29, 0.717) is 6.61 Å². The first kappa shape index (κ1) is 21.4. The van der Waals surface area contributed by atoms with Crippen LogP contribution in [0.3, 0.4) is 0 Å². The van der Waals surface area contributed by atoms with Gasteiger partial charge in [0.15, 0.2) is 5.79 Å². The third kappa shape index (κ3) is 5.12. The summed E-state index contributed by atoms with van der Waals surface area (Å²) >= 11 is 0. The SMILES string of the molecule is c1ccc(C[C@@H]([C@H]2COC3(CCCC3)O2)N(Cc2ccccc2)Cc2ccccc2)cc1. The van der Waals surface area contributed by atoms with Gasteiger partial charge in [0.05, 0.1) is 6.61 Å². The lowest BCUT2D eigenvalue weighted by atomic mass is 9.98. The summed E-state index contributed by atoms with van der Waals surface area (Å²) in [6.45, 7) is 2.46. The Morgan fingerprint density at radius 3 is 1.75 bits per heavy atom. The summed E-state index contributed by atoms with van der Waals surface area (Å²) < 4.78 is 13.1. The van der Waals surface area contributed by atoms with Crippen LogP contribution in [0.1, 0.15) is 42.4 Å². The van der Waals surface area contributed by atoms with E-state index in [0.717, 1.165) is 32.4 Å². The van der Waals surface area contributed by atoms with Crippen LogP contribution < -0.4 is 0 Å². The Morgan fingerprint density at radius 2 is 1.22 bits per heavy atom. The van der Waals surface area contributed by atoms with Gasteiger partial charge in [0.25, 0.3) is 0 Å². The van der Waals surface area contributed by atoms with Crippen molar-refractivity contribution >= 4 is 0 Å². The quantitative estimate of drug-likeness (QED) is 0.441. The molecule has 0 amide bonds. The molecule has 0 radical (unpaired) electrons. The van der Waals surface area contributed by atoms with Gasteiger partial charge in [-0.05, 0) is 36.0 Å². The van der Waals surface area contributed by atoms with E-state index in [1.165, 1.54) is 29.5 Å². The van der Waals surface area contributed by atoms with E-state index in [1.54, 1.807) is 0 Å². The Labute approximate surface area is 192 Å². The van der Waals surface area contributed by atoms with E-state index in [1.807, 2.05) is 0 Å². The highest BCUT2D eigenvalue weighted by Gasteiger charge is 2.47. The molecule has 3 aromatic carbocycles. The summed E-state index contributed by atoms with van der Waals surface area (Å²) in [5.74, 6) is -0.342. The van der Waals surface area contributed by atoms with Crippen molar-refractivity contribution < 1.29 is 9.47 Å². The van der Waals surface area contributed by atoms with Gasteiger partial charge in [-0.2, -0.15) is 0 Å². The van der Waals surface area contributed by atoms with Crippen LogP contribution in [-0.4, -0.2) is 29.4 Å². The third-order valence-electron chi connectivity index (χ3n) is 6.88. The Morgan fingerprint density at radius 1 is 0.719 bits per heavy atom. The van der Waals surface area contributed by atoms with E-state index in [9.17, 15) is 0 Å². The van der Waals surface area contributed by atoms with Gasteiger partial charge in [0.2, 0.25) is 0 Å². The molecule has 1 spiro atoms. The maximum atomic E-state index is 6.74. The van der Waals surface area contributed by atoms with Crippen molar-refractivity contribution in [2.75, 3.05) is 6.61 Å². The first-order valence-electron chi connectivity index (χ1n) is 12.0. The Hall–Kier alpha value is -2.46. The zero-order valence-corrected chi connectivity index (χ0v) is 18.7. The molecule has 0 N–H and O–H groups in total. The number of ether oxygens (including phenoxy) is 2. The average molecular weight is 428 g/mol. The molecule has 2 fully saturated rings. The zero-order valence-electron chi connectivity index (χ0n) is 18.7. The summed E-state index contributed by atoms with van der Waals surface area (Å²) in [5, 5.41) is 0. The minimum Gasteiger partial charge on any atom is -0.347 e. The number of nitrogens with zero attached hydrogens (tertiary/aromatic N) is 1. The summed E-state index contributed by atoms with van der Waals surface area (Å²) in [5.41, 5.74) is 4.01. The van der Waals surface area contributed by atoms with E-state index < -0.39 is 0 Å². The Balaban J connectivity index is 1.45. The maximum absolute atomic E-state index is 6.74. The van der Waals surface area contributed by atoms with Crippen molar-refractivity contribution in [2.45, 2.75) is 63.1 Å². The first-order chi connectivity index (χ1) is 15.8. The molecule has 1 aliphatic carbocycles. The van der Waals surface area contributed by atoms with Crippen LogP contribution in [0.2, 0.25) is 0 Å². The molecule has 1 saturated heterocycles. The molecule has 3 nitrogen and oxygen atoms in total. The van der Waals surface area contributed by atoms with Crippen molar-refractivity contribution in [3.05, 3.63) is 108 Å². The summed E-state index contributed by atoms with van der Waals surface area (Å²) in [4.78, 5) is 2.60. The molecule has 1 heterocycles. The molecule has 0 aromatic heterocycles. The fourth-order valence-corrected chi connectivity index (χ4v) is 5.22. The van der Waals surface area contributed by atoms with Gasteiger partial charge in [-0.25, -0.2) is 0 Å². The molecule has 166 valence electrons. The molecule has 2 aliphatic rings. The van der Waals surface area contributed by atoms with Crippen molar-refractivity contribution in [1.29, 1.82) is 0 Å². The highest BCUT2D eigenvalue weighted by Crippen LogP contribution is 2.41. The third-order valence-corrected chi connectivity index (χ3v) is 6.88. The van der Waals surface area contributed by atoms with Crippen LogP contribution in [0.25, 0.3) is 0 Å². The lowest BCUT2D eigenvalue weighted by molar-refractivity contribution is -0.169. The van der Waals surface area contributed by atoms with Crippen LogP contribution in [0.5, 0.6) is 0 Å². The minimum absolute atomic E-state index is 0.0701. The summed E-state index contributed by atoms with van der Waals surface area (Å²) in [7, 11) is 0. The van der Waals surface area contributed by atoms with Gasteiger partial charge in [0, 0.05) is 32.0 Å². The molecule has 1 aliphatic heterocycles. The maximum Gasteiger partial charge on any atom is 0.168 e. The molecular formula is C29H33NO2. The van der Waals surface area contributed by atoms with Gasteiger partial charge in [-0.1, -0.05) is 91.0 Å². The van der Waals surface area contributed by atoms with Crippen LogP contribution in [0.4, 0.5) is 0 Å². The van der Waals surface area contributed by atoms with E-state index >= 15 is 0 Å². The van der Waals surface area contributed by atoms with Crippen molar-refractivity contribution in [1.82, 2.24) is 4.90 Å². The van der Waals surface area contributed by atoms with Gasteiger partial charge in [-0.3, -0.25) is 4.90 Å². The second-order valence-electron chi connectivity index (χ2n) is 9.22. The molecular weight excluding hydrogens is 394 g/mol. The predicted octanol–water partition coefficient (Wildman–Crippen LogP) is 5.99. The van der Waals surface area contributed by atoms with Gasteiger partial charge < -0.3 is 9.47 Å². The van der Waals surface area contributed by atoms with Crippen LogP contribution in [0.15, 0.2) is 91.0 Å². The monoisotopic (exact) mass is 427 g/mol. The number of benzene rings is 3. The van der Waals surface area contributed by atoms with Crippen LogP contribution >= 0.6 is 0 Å². The second-order valence-corrected chi connectivity index (χ2v) is 9.22. The van der Waals surface area contributed by atoms with Crippen LogP contribution in [-0.2, 0) is 29.0 Å². The Bertz CT molecular complexity index is 913. The van der Waals surface area contributed by atoms with E-state index in [4.69, 9.17) is 9.47 Å². The predicted molar refractivity (Wildman–Crippen MR) is 128 cm³/mol. The molecule has 0 unspecified atom stereocenters. The highest BCUT2D eigenvalue weighted by atomic mass is 16.7. The molecule has 3 heteroatoms. The molecule has 32 heavy (non-hydrogen) atoms. The number of hydrogen-bond acceptors (Lipinski definition) is 3.